The van der Waals surface area contributed by atoms with E-state index in [0.717, 1.165) is 34.7 Å². The van der Waals surface area contributed by atoms with Gasteiger partial charge in [0.1, 0.15) is 0 Å². The average Bonchev–Trinajstić information content (AvgIpc) is 3.03. The Balaban J connectivity index is 1.61. The third-order valence-electron chi connectivity index (χ3n) is 5.20. The molecule has 0 radical (unpaired) electrons. The molecule has 1 atom stereocenters. The van der Waals surface area contributed by atoms with Crippen molar-refractivity contribution in [3.8, 4) is 0 Å². The summed E-state index contributed by atoms with van der Waals surface area (Å²) in [6, 6.07) is 12.3. The van der Waals surface area contributed by atoms with Crippen LogP contribution in [0.4, 0.5) is 0 Å². The first-order chi connectivity index (χ1) is 13.0. The second kappa shape index (κ2) is 8.33. The number of benzene rings is 1. The standard InChI is InChI=1S/C22H28N4O/c1-5-18(19-9-7-6-8-10-19)14-23-22(27)12-11-20-16(3)24-21-13-15(2)25-26(21)17(20)4/h6-10,13,18H,5,11-12,14H2,1-4H3,(H,23,27). The van der Waals surface area contributed by atoms with Gasteiger partial charge in [-0.2, -0.15) is 5.10 Å². The molecule has 5 heteroatoms. The fourth-order valence-electron chi connectivity index (χ4n) is 3.59. The van der Waals surface area contributed by atoms with Gasteiger partial charge >= 0.3 is 0 Å². The molecule has 3 aromatic rings. The Labute approximate surface area is 160 Å². The van der Waals surface area contributed by atoms with Crippen molar-refractivity contribution in [1.29, 1.82) is 0 Å². The summed E-state index contributed by atoms with van der Waals surface area (Å²) in [5.41, 5.74) is 6.24. The minimum atomic E-state index is 0.0833. The molecule has 142 valence electrons. The fourth-order valence-corrected chi connectivity index (χ4v) is 3.59. The van der Waals surface area contributed by atoms with E-state index < -0.39 is 0 Å². The number of aryl methyl sites for hydroxylation is 3. The zero-order chi connectivity index (χ0) is 19.4. The highest BCUT2D eigenvalue weighted by molar-refractivity contribution is 5.76. The summed E-state index contributed by atoms with van der Waals surface area (Å²) in [6.45, 7) is 8.85. The van der Waals surface area contributed by atoms with Gasteiger partial charge in [0.25, 0.3) is 0 Å². The molecule has 0 bridgehead atoms. The zero-order valence-corrected chi connectivity index (χ0v) is 16.6. The van der Waals surface area contributed by atoms with Crippen molar-refractivity contribution in [1.82, 2.24) is 19.9 Å². The van der Waals surface area contributed by atoms with E-state index in [-0.39, 0.29) is 5.91 Å². The summed E-state index contributed by atoms with van der Waals surface area (Å²) < 4.78 is 1.87. The summed E-state index contributed by atoms with van der Waals surface area (Å²) in [4.78, 5) is 17.0. The normalized spacial score (nSPS) is 12.3. The molecule has 0 saturated carbocycles. The van der Waals surface area contributed by atoms with Crippen LogP contribution in [0.3, 0.4) is 0 Å². The molecule has 0 fully saturated rings. The van der Waals surface area contributed by atoms with Crippen molar-refractivity contribution in [2.75, 3.05) is 6.54 Å². The summed E-state index contributed by atoms with van der Waals surface area (Å²) in [5.74, 6) is 0.434. The molecule has 2 heterocycles. The van der Waals surface area contributed by atoms with Crippen molar-refractivity contribution in [3.05, 3.63) is 64.6 Å². The summed E-state index contributed by atoms with van der Waals surface area (Å²) >= 11 is 0. The molecule has 1 aromatic carbocycles. The Hall–Kier alpha value is -2.69. The van der Waals surface area contributed by atoms with Gasteiger partial charge < -0.3 is 5.32 Å². The van der Waals surface area contributed by atoms with Crippen LogP contribution in [-0.4, -0.2) is 27.0 Å². The van der Waals surface area contributed by atoms with Crippen molar-refractivity contribution in [2.45, 2.75) is 52.9 Å². The third kappa shape index (κ3) is 4.35. The molecule has 1 amide bonds. The number of carbonyl (C=O) groups is 1. The molecule has 0 aliphatic heterocycles. The Morgan fingerprint density at radius 2 is 1.93 bits per heavy atom. The maximum Gasteiger partial charge on any atom is 0.220 e. The fraction of sp³-hybridized carbons (Fsp3) is 0.409. The van der Waals surface area contributed by atoms with Gasteiger partial charge in [-0.05, 0) is 44.7 Å². The number of amides is 1. The average molecular weight is 364 g/mol. The Bertz CT molecular complexity index is 930. The number of aromatic nitrogens is 3. The van der Waals surface area contributed by atoms with Crippen LogP contribution in [0, 0.1) is 20.8 Å². The SMILES string of the molecule is CCC(CNC(=O)CCc1c(C)nc2cc(C)nn2c1C)c1ccccc1. The van der Waals surface area contributed by atoms with E-state index in [9.17, 15) is 4.79 Å². The van der Waals surface area contributed by atoms with Crippen LogP contribution >= 0.6 is 0 Å². The van der Waals surface area contributed by atoms with Crippen molar-refractivity contribution < 1.29 is 4.79 Å². The van der Waals surface area contributed by atoms with Gasteiger partial charge in [-0.15, -0.1) is 0 Å². The van der Waals surface area contributed by atoms with E-state index in [4.69, 9.17) is 0 Å². The minimum Gasteiger partial charge on any atom is -0.355 e. The van der Waals surface area contributed by atoms with Crippen LogP contribution < -0.4 is 5.32 Å². The van der Waals surface area contributed by atoms with E-state index in [1.54, 1.807) is 0 Å². The largest absolute Gasteiger partial charge is 0.355 e. The van der Waals surface area contributed by atoms with Crippen LogP contribution in [0.25, 0.3) is 5.65 Å². The molecule has 1 N–H and O–H groups in total. The number of hydrogen-bond acceptors (Lipinski definition) is 3. The Morgan fingerprint density at radius 1 is 1.19 bits per heavy atom. The first-order valence-corrected chi connectivity index (χ1v) is 9.63. The third-order valence-corrected chi connectivity index (χ3v) is 5.20. The molecular formula is C22H28N4O. The second-order valence-electron chi connectivity index (χ2n) is 7.14. The van der Waals surface area contributed by atoms with Crippen molar-refractivity contribution >= 4 is 11.6 Å². The number of nitrogens with zero attached hydrogens (tertiary/aromatic N) is 3. The highest BCUT2D eigenvalue weighted by Gasteiger charge is 2.14. The summed E-state index contributed by atoms with van der Waals surface area (Å²) in [7, 11) is 0. The first-order valence-electron chi connectivity index (χ1n) is 9.63. The van der Waals surface area contributed by atoms with Crippen LogP contribution in [0.2, 0.25) is 0 Å². The molecule has 1 unspecified atom stereocenters. The van der Waals surface area contributed by atoms with E-state index in [2.05, 4.69) is 34.5 Å². The molecule has 0 aliphatic rings. The van der Waals surface area contributed by atoms with Gasteiger partial charge in [0.05, 0.1) is 5.69 Å². The van der Waals surface area contributed by atoms with Crippen molar-refractivity contribution in [2.24, 2.45) is 0 Å². The molecule has 3 rings (SSSR count). The highest BCUT2D eigenvalue weighted by atomic mass is 16.1. The second-order valence-corrected chi connectivity index (χ2v) is 7.14. The van der Waals surface area contributed by atoms with E-state index in [1.165, 1.54) is 5.56 Å². The maximum absolute atomic E-state index is 12.4. The van der Waals surface area contributed by atoms with Gasteiger partial charge in [0.2, 0.25) is 5.91 Å². The van der Waals surface area contributed by atoms with E-state index in [1.807, 2.05) is 49.6 Å². The maximum atomic E-state index is 12.4. The molecular weight excluding hydrogens is 336 g/mol. The van der Waals surface area contributed by atoms with Crippen LogP contribution in [0.1, 0.15) is 53.9 Å². The summed E-state index contributed by atoms with van der Waals surface area (Å²) in [6.07, 6.45) is 2.13. The van der Waals surface area contributed by atoms with E-state index in [0.29, 0.717) is 25.3 Å². The topological polar surface area (TPSA) is 59.3 Å². The smallest absolute Gasteiger partial charge is 0.220 e. The number of rotatable bonds is 7. The van der Waals surface area contributed by atoms with Crippen LogP contribution in [0.5, 0.6) is 0 Å². The van der Waals surface area contributed by atoms with Gasteiger partial charge in [0, 0.05) is 36.3 Å². The molecule has 0 aliphatic carbocycles. The van der Waals surface area contributed by atoms with Gasteiger partial charge in [-0.25, -0.2) is 9.50 Å². The first kappa shape index (κ1) is 19.1. The lowest BCUT2D eigenvalue weighted by atomic mass is 9.96. The minimum absolute atomic E-state index is 0.0833. The lowest BCUT2D eigenvalue weighted by molar-refractivity contribution is -0.121. The van der Waals surface area contributed by atoms with Gasteiger partial charge in [-0.1, -0.05) is 37.3 Å². The molecule has 0 spiro atoms. The molecule has 2 aromatic heterocycles. The predicted octanol–water partition coefficient (Wildman–Crippen LogP) is 3.90. The van der Waals surface area contributed by atoms with E-state index >= 15 is 0 Å². The number of nitrogens with one attached hydrogen (secondary N) is 1. The molecule has 27 heavy (non-hydrogen) atoms. The predicted molar refractivity (Wildman–Crippen MR) is 108 cm³/mol. The van der Waals surface area contributed by atoms with Crippen molar-refractivity contribution in [3.63, 3.8) is 0 Å². The molecule has 0 saturated heterocycles. The highest BCUT2D eigenvalue weighted by Crippen LogP contribution is 2.19. The number of carbonyl (C=O) groups excluding carboxylic acids is 1. The van der Waals surface area contributed by atoms with Gasteiger partial charge in [0.15, 0.2) is 5.65 Å². The van der Waals surface area contributed by atoms with Crippen LogP contribution in [0.15, 0.2) is 36.4 Å². The zero-order valence-electron chi connectivity index (χ0n) is 16.6. The lowest BCUT2D eigenvalue weighted by Crippen LogP contribution is -2.28. The quantitative estimate of drug-likeness (QED) is 0.692. The lowest BCUT2D eigenvalue weighted by Gasteiger charge is -2.16. The van der Waals surface area contributed by atoms with Crippen LogP contribution in [-0.2, 0) is 11.2 Å². The monoisotopic (exact) mass is 364 g/mol. The summed E-state index contributed by atoms with van der Waals surface area (Å²) in [5, 5.41) is 7.60. The van der Waals surface area contributed by atoms with Gasteiger partial charge in [-0.3, -0.25) is 4.79 Å². The number of hydrogen-bond donors (Lipinski definition) is 1. The molecule has 5 nitrogen and oxygen atoms in total. The Kier molecular flexibility index (Phi) is 5.89. The Morgan fingerprint density at radius 3 is 2.63 bits per heavy atom. The number of fused-ring (bicyclic) bond motifs is 1.